The van der Waals surface area contributed by atoms with Crippen molar-refractivity contribution in [2.24, 2.45) is 0 Å². The summed E-state index contributed by atoms with van der Waals surface area (Å²) >= 11 is 0. The van der Waals surface area contributed by atoms with E-state index in [1.807, 2.05) is 32.0 Å². The first-order valence-corrected chi connectivity index (χ1v) is 12.0. The van der Waals surface area contributed by atoms with Crippen molar-refractivity contribution in [2.45, 2.75) is 46.5 Å². The smallest absolute Gasteiger partial charge is 0.279 e. The van der Waals surface area contributed by atoms with Gasteiger partial charge in [0.25, 0.3) is 5.91 Å². The van der Waals surface area contributed by atoms with Gasteiger partial charge in [-0.1, -0.05) is 51.1 Å². The van der Waals surface area contributed by atoms with E-state index in [4.69, 9.17) is 4.74 Å². The third-order valence-corrected chi connectivity index (χ3v) is 6.48. The van der Waals surface area contributed by atoms with Gasteiger partial charge in [0.1, 0.15) is 31.9 Å². The Morgan fingerprint density at radius 1 is 0.938 bits per heavy atom. The molecule has 3 rings (SSSR count). The van der Waals surface area contributed by atoms with E-state index in [0.29, 0.717) is 6.54 Å². The number of para-hydroxylation sites is 1. The van der Waals surface area contributed by atoms with Gasteiger partial charge in [-0.3, -0.25) is 4.79 Å². The van der Waals surface area contributed by atoms with Gasteiger partial charge in [0.15, 0.2) is 6.54 Å². The molecule has 0 spiro atoms. The SMILES string of the molecule is Cc1cccc(C)c1NC(=O)C[NH+]1CC[NH+](CCCOc2ccc(C(C)(C)C)cc2)CC1. The molecule has 3 N–H and O–H groups in total. The summed E-state index contributed by atoms with van der Waals surface area (Å²) < 4.78 is 5.94. The molecule has 2 aromatic carbocycles. The topological polar surface area (TPSA) is 47.2 Å². The maximum Gasteiger partial charge on any atom is 0.279 e. The van der Waals surface area contributed by atoms with Crippen LogP contribution < -0.4 is 19.9 Å². The molecular formula is C27H41N3O2+2. The normalized spacial score (nSPS) is 18.9. The van der Waals surface area contributed by atoms with E-state index in [9.17, 15) is 4.79 Å². The maximum absolute atomic E-state index is 12.5. The van der Waals surface area contributed by atoms with Crippen LogP contribution in [0.5, 0.6) is 5.75 Å². The van der Waals surface area contributed by atoms with Gasteiger partial charge < -0.3 is 19.9 Å². The Bertz CT molecular complexity index is 859. The van der Waals surface area contributed by atoms with Gasteiger partial charge in [-0.2, -0.15) is 0 Å². The van der Waals surface area contributed by atoms with Crippen LogP contribution in [0.25, 0.3) is 0 Å². The van der Waals surface area contributed by atoms with Crippen molar-refractivity contribution in [1.82, 2.24) is 0 Å². The number of nitrogens with one attached hydrogen (secondary N) is 3. The van der Waals surface area contributed by atoms with E-state index >= 15 is 0 Å². The largest absolute Gasteiger partial charge is 0.493 e. The van der Waals surface area contributed by atoms with Crippen molar-refractivity contribution >= 4 is 11.6 Å². The van der Waals surface area contributed by atoms with Crippen LogP contribution in [0.1, 0.15) is 43.9 Å². The molecular weight excluding hydrogens is 398 g/mol. The van der Waals surface area contributed by atoms with Gasteiger partial charge >= 0.3 is 0 Å². The highest BCUT2D eigenvalue weighted by Crippen LogP contribution is 2.24. The summed E-state index contributed by atoms with van der Waals surface area (Å²) in [5, 5.41) is 3.12. The Balaban J connectivity index is 1.32. The molecule has 5 heteroatoms. The average molecular weight is 440 g/mol. The summed E-state index contributed by atoms with van der Waals surface area (Å²) in [4.78, 5) is 15.5. The minimum absolute atomic E-state index is 0.117. The molecule has 1 amide bonds. The summed E-state index contributed by atoms with van der Waals surface area (Å²) in [7, 11) is 0. The summed E-state index contributed by atoms with van der Waals surface area (Å²) in [6, 6.07) is 14.6. The molecule has 0 saturated carbocycles. The minimum atomic E-state index is 0.117. The fourth-order valence-corrected chi connectivity index (χ4v) is 4.37. The minimum Gasteiger partial charge on any atom is -0.493 e. The highest BCUT2D eigenvalue weighted by atomic mass is 16.5. The molecule has 32 heavy (non-hydrogen) atoms. The predicted octanol–water partition coefficient (Wildman–Crippen LogP) is 1.79. The fourth-order valence-electron chi connectivity index (χ4n) is 4.37. The molecule has 1 saturated heterocycles. The molecule has 1 aliphatic rings. The molecule has 1 heterocycles. The molecule has 174 valence electrons. The highest BCUT2D eigenvalue weighted by molar-refractivity contribution is 5.93. The number of carbonyl (C=O) groups excluding carboxylic acids is 1. The Hall–Kier alpha value is -2.37. The van der Waals surface area contributed by atoms with Crippen molar-refractivity contribution in [3.05, 3.63) is 59.2 Å². The van der Waals surface area contributed by atoms with Crippen LogP contribution in [-0.4, -0.2) is 51.8 Å². The molecule has 0 radical (unpaired) electrons. The lowest BCUT2D eigenvalue weighted by Crippen LogP contribution is -3.28. The Labute approximate surface area is 193 Å². The van der Waals surface area contributed by atoms with Gasteiger partial charge in [-0.15, -0.1) is 0 Å². The quantitative estimate of drug-likeness (QED) is 0.550. The lowest BCUT2D eigenvalue weighted by atomic mass is 9.87. The number of piperazine rings is 1. The first kappa shape index (κ1) is 24.3. The number of hydrogen-bond donors (Lipinski definition) is 3. The number of aryl methyl sites for hydroxylation is 2. The third kappa shape index (κ3) is 7.07. The number of benzene rings is 2. The molecule has 0 unspecified atom stereocenters. The number of quaternary nitrogens is 2. The molecule has 5 nitrogen and oxygen atoms in total. The lowest BCUT2D eigenvalue weighted by Gasteiger charge is -2.29. The van der Waals surface area contributed by atoms with Crippen LogP contribution in [0.3, 0.4) is 0 Å². The van der Waals surface area contributed by atoms with Crippen LogP contribution in [-0.2, 0) is 10.2 Å². The van der Waals surface area contributed by atoms with Crippen LogP contribution in [0.4, 0.5) is 5.69 Å². The monoisotopic (exact) mass is 439 g/mol. The van der Waals surface area contributed by atoms with Crippen molar-refractivity contribution in [1.29, 1.82) is 0 Å². The number of rotatable bonds is 8. The first-order chi connectivity index (χ1) is 15.2. The van der Waals surface area contributed by atoms with Gasteiger partial charge in [-0.25, -0.2) is 0 Å². The summed E-state index contributed by atoms with van der Waals surface area (Å²) in [5.41, 5.74) is 4.71. The molecule has 0 bridgehead atoms. The Morgan fingerprint density at radius 2 is 1.53 bits per heavy atom. The Kier molecular flexibility index (Phi) is 8.32. The molecule has 0 aromatic heterocycles. The van der Waals surface area contributed by atoms with E-state index in [1.54, 1.807) is 4.90 Å². The molecule has 0 aliphatic carbocycles. The summed E-state index contributed by atoms with van der Waals surface area (Å²) in [6.45, 7) is 17.5. The van der Waals surface area contributed by atoms with E-state index in [-0.39, 0.29) is 11.3 Å². The van der Waals surface area contributed by atoms with Crippen molar-refractivity contribution in [3.8, 4) is 5.75 Å². The summed E-state index contributed by atoms with van der Waals surface area (Å²) in [6.07, 6.45) is 1.05. The number of carbonyl (C=O) groups is 1. The maximum atomic E-state index is 12.5. The van der Waals surface area contributed by atoms with E-state index < -0.39 is 0 Å². The van der Waals surface area contributed by atoms with Gasteiger partial charge in [0.2, 0.25) is 0 Å². The molecule has 1 aliphatic heterocycles. The zero-order valence-electron chi connectivity index (χ0n) is 20.5. The summed E-state index contributed by atoms with van der Waals surface area (Å²) in [5.74, 6) is 1.07. The van der Waals surface area contributed by atoms with E-state index in [0.717, 1.165) is 68.3 Å². The van der Waals surface area contributed by atoms with Gasteiger partial charge in [0, 0.05) is 12.1 Å². The van der Waals surface area contributed by atoms with Crippen LogP contribution in [0.15, 0.2) is 42.5 Å². The number of anilines is 1. The standard InChI is InChI=1S/C27H39N3O2/c1-21-8-6-9-22(2)26(21)28-25(31)20-30-17-15-29(16-18-30)14-7-19-32-24-12-10-23(11-13-24)27(3,4)5/h6,8-13H,7,14-20H2,1-5H3,(H,28,31)/p+2. The highest BCUT2D eigenvalue weighted by Gasteiger charge is 2.24. The molecule has 2 aromatic rings. The van der Waals surface area contributed by atoms with Crippen LogP contribution in [0.2, 0.25) is 0 Å². The Morgan fingerprint density at radius 3 is 2.12 bits per heavy atom. The molecule has 0 atom stereocenters. The van der Waals surface area contributed by atoms with Crippen LogP contribution in [0, 0.1) is 13.8 Å². The second-order valence-electron chi connectivity index (χ2n) is 10.2. The van der Waals surface area contributed by atoms with Crippen molar-refractivity contribution in [3.63, 3.8) is 0 Å². The zero-order valence-corrected chi connectivity index (χ0v) is 20.5. The number of amides is 1. The number of ether oxygens (including phenoxy) is 1. The second-order valence-corrected chi connectivity index (χ2v) is 10.2. The zero-order chi connectivity index (χ0) is 23.1. The van der Waals surface area contributed by atoms with E-state index in [2.05, 4.69) is 50.4 Å². The van der Waals surface area contributed by atoms with Gasteiger partial charge in [0.05, 0.1) is 13.2 Å². The fraction of sp³-hybridized carbons (Fsp3) is 0.519. The first-order valence-electron chi connectivity index (χ1n) is 12.0. The van der Waals surface area contributed by atoms with Crippen molar-refractivity contribution in [2.75, 3.05) is 51.2 Å². The molecule has 1 fully saturated rings. The third-order valence-electron chi connectivity index (χ3n) is 6.48. The second kappa shape index (κ2) is 11.0. The van der Waals surface area contributed by atoms with Crippen LogP contribution >= 0.6 is 0 Å². The average Bonchev–Trinajstić information content (AvgIpc) is 2.75. The lowest BCUT2D eigenvalue weighted by molar-refractivity contribution is -1.01. The number of hydrogen-bond acceptors (Lipinski definition) is 2. The van der Waals surface area contributed by atoms with E-state index in [1.165, 1.54) is 10.5 Å². The van der Waals surface area contributed by atoms with Crippen molar-refractivity contribution < 1.29 is 19.3 Å². The van der Waals surface area contributed by atoms with Gasteiger partial charge in [-0.05, 0) is 48.1 Å². The predicted molar refractivity (Wildman–Crippen MR) is 131 cm³/mol.